The summed E-state index contributed by atoms with van der Waals surface area (Å²) in [5.41, 5.74) is 3.03. The SMILES string of the molecule is CCc1ccc(OCCCN2C(=O)COc3ccc(NC(=O)Nc4ccc(Cl)cc4)cc32)cc1. The number of rotatable bonds is 8. The Morgan fingerprint density at radius 2 is 1.74 bits per heavy atom. The largest absolute Gasteiger partial charge is 0.494 e. The van der Waals surface area contributed by atoms with Gasteiger partial charge in [-0.3, -0.25) is 4.79 Å². The van der Waals surface area contributed by atoms with E-state index in [1.807, 2.05) is 12.1 Å². The summed E-state index contributed by atoms with van der Waals surface area (Å²) in [7, 11) is 0. The maximum atomic E-state index is 12.5. The highest BCUT2D eigenvalue weighted by Gasteiger charge is 2.25. The van der Waals surface area contributed by atoms with E-state index in [1.165, 1.54) is 5.56 Å². The van der Waals surface area contributed by atoms with E-state index in [9.17, 15) is 9.59 Å². The zero-order valence-electron chi connectivity index (χ0n) is 18.8. The molecule has 0 atom stereocenters. The molecular formula is C26H26ClN3O4. The van der Waals surface area contributed by atoms with Crippen LogP contribution in [-0.2, 0) is 11.2 Å². The normalized spacial score (nSPS) is 12.5. The van der Waals surface area contributed by atoms with Gasteiger partial charge in [0.2, 0.25) is 0 Å². The minimum absolute atomic E-state index is 0.0177. The molecule has 0 bridgehead atoms. The highest BCUT2D eigenvalue weighted by molar-refractivity contribution is 6.30. The molecule has 176 valence electrons. The van der Waals surface area contributed by atoms with Crippen molar-refractivity contribution in [1.82, 2.24) is 0 Å². The number of urea groups is 1. The number of benzene rings is 3. The Labute approximate surface area is 203 Å². The van der Waals surface area contributed by atoms with Crippen molar-refractivity contribution in [3.05, 3.63) is 77.3 Å². The number of carbonyl (C=O) groups excluding carboxylic acids is 2. The van der Waals surface area contributed by atoms with Crippen LogP contribution in [0.15, 0.2) is 66.7 Å². The summed E-state index contributed by atoms with van der Waals surface area (Å²) in [4.78, 5) is 26.6. The third kappa shape index (κ3) is 5.99. The lowest BCUT2D eigenvalue weighted by Crippen LogP contribution is -2.39. The third-order valence-electron chi connectivity index (χ3n) is 5.39. The Bertz CT molecular complexity index is 1150. The van der Waals surface area contributed by atoms with E-state index in [1.54, 1.807) is 47.4 Å². The molecule has 3 amide bonds. The average Bonchev–Trinajstić information content (AvgIpc) is 2.84. The van der Waals surface area contributed by atoms with E-state index in [0.29, 0.717) is 47.4 Å². The topological polar surface area (TPSA) is 79.9 Å². The number of aryl methyl sites for hydroxylation is 1. The van der Waals surface area contributed by atoms with Crippen molar-refractivity contribution in [2.75, 3.05) is 35.3 Å². The molecule has 0 saturated heterocycles. The fourth-order valence-corrected chi connectivity index (χ4v) is 3.71. The highest BCUT2D eigenvalue weighted by Crippen LogP contribution is 2.34. The van der Waals surface area contributed by atoms with Crippen molar-refractivity contribution >= 4 is 40.6 Å². The van der Waals surface area contributed by atoms with Crippen molar-refractivity contribution in [3.8, 4) is 11.5 Å². The molecule has 8 heteroatoms. The predicted octanol–water partition coefficient (Wildman–Crippen LogP) is 5.74. The quantitative estimate of drug-likeness (QED) is 0.404. The molecule has 4 rings (SSSR count). The van der Waals surface area contributed by atoms with E-state index >= 15 is 0 Å². The van der Waals surface area contributed by atoms with Crippen LogP contribution in [0.3, 0.4) is 0 Å². The lowest BCUT2D eigenvalue weighted by atomic mass is 10.2. The van der Waals surface area contributed by atoms with Crippen LogP contribution in [0.5, 0.6) is 11.5 Å². The van der Waals surface area contributed by atoms with Crippen LogP contribution >= 0.6 is 11.6 Å². The number of hydrogen-bond donors (Lipinski definition) is 2. The maximum Gasteiger partial charge on any atom is 0.323 e. The first-order valence-electron chi connectivity index (χ1n) is 11.1. The first-order chi connectivity index (χ1) is 16.5. The van der Waals surface area contributed by atoms with Crippen LogP contribution in [0, 0.1) is 0 Å². The predicted molar refractivity (Wildman–Crippen MR) is 134 cm³/mol. The Hall–Kier alpha value is -3.71. The number of anilines is 3. The summed E-state index contributed by atoms with van der Waals surface area (Å²) in [6.45, 7) is 3.05. The van der Waals surface area contributed by atoms with Gasteiger partial charge in [-0.05, 0) is 73.0 Å². The van der Waals surface area contributed by atoms with E-state index in [-0.39, 0.29) is 12.5 Å². The van der Waals surface area contributed by atoms with Crippen molar-refractivity contribution in [2.24, 2.45) is 0 Å². The molecule has 0 spiro atoms. The van der Waals surface area contributed by atoms with Gasteiger partial charge >= 0.3 is 6.03 Å². The number of amides is 3. The van der Waals surface area contributed by atoms with Gasteiger partial charge in [-0.25, -0.2) is 4.79 Å². The second kappa shape index (κ2) is 10.9. The molecule has 0 fully saturated rings. The van der Waals surface area contributed by atoms with Gasteiger partial charge in [0.25, 0.3) is 5.91 Å². The van der Waals surface area contributed by atoms with Crippen LogP contribution in [0.2, 0.25) is 5.02 Å². The van der Waals surface area contributed by atoms with Crippen molar-refractivity contribution in [1.29, 1.82) is 0 Å². The fourth-order valence-electron chi connectivity index (χ4n) is 3.59. The first-order valence-corrected chi connectivity index (χ1v) is 11.5. The number of nitrogens with one attached hydrogen (secondary N) is 2. The molecule has 0 saturated carbocycles. The summed E-state index contributed by atoms with van der Waals surface area (Å²) in [5, 5.41) is 6.12. The molecule has 0 aromatic heterocycles. The van der Waals surface area contributed by atoms with Crippen LogP contribution < -0.4 is 25.0 Å². The zero-order valence-corrected chi connectivity index (χ0v) is 19.6. The number of carbonyl (C=O) groups is 2. The van der Waals surface area contributed by atoms with Gasteiger partial charge in [0.05, 0.1) is 12.3 Å². The molecule has 34 heavy (non-hydrogen) atoms. The number of hydrogen-bond acceptors (Lipinski definition) is 4. The fraction of sp³-hybridized carbons (Fsp3) is 0.231. The van der Waals surface area contributed by atoms with E-state index in [2.05, 4.69) is 29.7 Å². The lowest BCUT2D eigenvalue weighted by molar-refractivity contribution is -0.121. The molecule has 0 aliphatic carbocycles. The Kier molecular flexibility index (Phi) is 7.54. The minimum Gasteiger partial charge on any atom is -0.494 e. The van der Waals surface area contributed by atoms with Crippen LogP contribution in [0.1, 0.15) is 18.9 Å². The van der Waals surface area contributed by atoms with E-state index in [0.717, 1.165) is 12.2 Å². The standard InChI is InChI=1S/C26H26ClN3O4/c1-2-18-4-11-22(12-5-18)33-15-3-14-30-23-16-21(10-13-24(23)34-17-25(30)31)29-26(32)28-20-8-6-19(27)7-9-20/h4-13,16H,2-3,14-15,17H2,1H3,(H2,28,29,32). The summed E-state index contributed by atoms with van der Waals surface area (Å²) >= 11 is 5.88. The van der Waals surface area contributed by atoms with Gasteiger partial charge in [-0.1, -0.05) is 30.7 Å². The highest BCUT2D eigenvalue weighted by atomic mass is 35.5. The molecule has 1 heterocycles. The Morgan fingerprint density at radius 3 is 2.47 bits per heavy atom. The van der Waals surface area contributed by atoms with Gasteiger partial charge in [0, 0.05) is 22.9 Å². The van der Waals surface area contributed by atoms with E-state index in [4.69, 9.17) is 21.1 Å². The summed E-state index contributed by atoms with van der Waals surface area (Å²) in [5.74, 6) is 1.27. The van der Waals surface area contributed by atoms with Crippen molar-refractivity contribution < 1.29 is 19.1 Å². The summed E-state index contributed by atoms with van der Waals surface area (Å²) < 4.78 is 11.4. The Balaban J connectivity index is 1.36. The molecule has 3 aromatic rings. The first kappa shape index (κ1) is 23.4. The molecule has 7 nitrogen and oxygen atoms in total. The number of nitrogens with zero attached hydrogens (tertiary/aromatic N) is 1. The van der Waals surface area contributed by atoms with Gasteiger partial charge < -0.3 is 25.0 Å². The minimum atomic E-state index is -0.403. The molecule has 2 N–H and O–H groups in total. The smallest absolute Gasteiger partial charge is 0.323 e. The maximum absolute atomic E-state index is 12.5. The van der Waals surface area contributed by atoms with Gasteiger partial charge in [-0.15, -0.1) is 0 Å². The third-order valence-corrected chi connectivity index (χ3v) is 5.64. The van der Waals surface area contributed by atoms with Crippen molar-refractivity contribution in [2.45, 2.75) is 19.8 Å². The number of fused-ring (bicyclic) bond motifs is 1. The molecule has 1 aliphatic rings. The van der Waals surface area contributed by atoms with Gasteiger partial charge in [0.1, 0.15) is 11.5 Å². The molecule has 0 radical (unpaired) electrons. The average molecular weight is 480 g/mol. The second-order valence-corrected chi connectivity index (χ2v) is 8.24. The van der Waals surface area contributed by atoms with Crippen LogP contribution in [0.4, 0.5) is 21.9 Å². The van der Waals surface area contributed by atoms with Crippen LogP contribution in [-0.4, -0.2) is 31.7 Å². The molecule has 3 aromatic carbocycles. The van der Waals surface area contributed by atoms with Gasteiger partial charge in [0.15, 0.2) is 6.61 Å². The molecule has 1 aliphatic heterocycles. The zero-order chi connectivity index (χ0) is 23.9. The summed E-state index contributed by atoms with van der Waals surface area (Å²) in [6.07, 6.45) is 1.63. The van der Waals surface area contributed by atoms with Gasteiger partial charge in [-0.2, -0.15) is 0 Å². The Morgan fingerprint density at radius 1 is 1.03 bits per heavy atom. The number of ether oxygens (including phenoxy) is 2. The van der Waals surface area contributed by atoms with E-state index < -0.39 is 6.03 Å². The molecule has 0 unspecified atom stereocenters. The van der Waals surface area contributed by atoms with Crippen molar-refractivity contribution in [3.63, 3.8) is 0 Å². The lowest BCUT2D eigenvalue weighted by Gasteiger charge is -2.30. The monoisotopic (exact) mass is 479 g/mol. The molecular weight excluding hydrogens is 454 g/mol. The summed E-state index contributed by atoms with van der Waals surface area (Å²) in [6, 6.07) is 19.6. The second-order valence-electron chi connectivity index (χ2n) is 7.80. The van der Waals surface area contributed by atoms with Crippen LogP contribution in [0.25, 0.3) is 0 Å². The number of halogens is 1.